The molecule has 1 heterocycles. The van der Waals surface area contributed by atoms with E-state index < -0.39 is 5.60 Å². The lowest BCUT2D eigenvalue weighted by Crippen LogP contribution is -2.42. The van der Waals surface area contributed by atoms with Crippen LogP contribution in [0.2, 0.25) is 0 Å². The van der Waals surface area contributed by atoms with E-state index in [1.807, 2.05) is 34.6 Å². The summed E-state index contributed by atoms with van der Waals surface area (Å²) in [7, 11) is 0. The molecular formula is C17H33N3O3. The van der Waals surface area contributed by atoms with E-state index in [4.69, 9.17) is 4.74 Å². The molecule has 0 aromatic carbocycles. The minimum atomic E-state index is -0.459. The first kappa shape index (κ1) is 19.7. The number of nitrogens with one attached hydrogen (secondary N) is 1. The van der Waals surface area contributed by atoms with Crippen LogP contribution in [0.4, 0.5) is 4.79 Å². The molecule has 1 aliphatic heterocycles. The zero-order valence-corrected chi connectivity index (χ0v) is 15.5. The summed E-state index contributed by atoms with van der Waals surface area (Å²) < 4.78 is 5.42. The summed E-state index contributed by atoms with van der Waals surface area (Å²) in [5, 5.41) is 2.92. The second-order valence-electron chi connectivity index (χ2n) is 7.63. The van der Waals surface area contributed by atoms with E-state index in [0.717, 1.165) is 26.1 Å². The van der Waals surface area contributed by atoms with Crippen LogP contribution < -0.4 is 5.32 Å². The summed E-state index contributed by atoms with van der Waals surface area (Å²) in [6.45, 7) is 15.1. The molecule has 0 radical (unpaired) electrons. The van der Waals surface area contributed by atoms with Crippen molar-refractivity contribution in [2.24, 2.45) is 5.92 Å². The molecule has 23 heavy (non-hydrogen) atoms. The number of likely N-dealkylation sites (N-methyl/N-ethyl adjacent to an activating group) is 1. The lowest BCUT2D eigenvalue weighted by molar-refractivity contribution is -0.122. The summed E-state index contributed by atoms with van der Waals surface area (Å²) in [4.78, 5) is 27.9. The average Bonchev–Trinajstić information content (AvgIpc) is 2.83. The maximum Gasteiger partial charge on any atom is 0.410 e. The maximum atomic E-state index is 12.1. The van der Waals surface area contributed by atoms with Gasteiger partial charge in [0.05, 0.1) is 6.54 Å². The van der Waals surface area contributed by atoms with Gasteiger partial charge >= 0.3 is 6.09 Å². The van der Waals surface area contributed by atoms with Crippen LogP contribution in [0.15, 0.2) is 0 Å². The Morgan fingerprint density at radius 1 is 1.35 bits per heavy atom. The van der Waals surface area contributed by atoms with Crippen molar-refractivity contribution in [3.63, 3.8) is 0 Å². The Morgan fingerprint density at radius 2 is 2.00 bits per heavy atom. The van der Waals surface area contributed by atoms with E-state index in [-0.39, 0.29) is 18.0 Å². The molecule has 1 saturated heterocycles. The van der Waals surface area contributed by atoms with Gasteiger partial charge in [0.25, 0.3) is 0 Å². The van der Waals surface area contributed by atoms with Crippen LogP contribution in [0, 0.1) is 5.92 Å². The van der Waals surface area contributed by atoms with Crippen LogP contribution >= 0.6 is 0 Å². The fourth-order valence-corrected chi connectivity index (χ4v) is 2.72. The number of hydrogen-bond donors (Lipinski definition) is 1. The number of likely N-dealkylation sites (tertiary alicyclic amines) is 1. The van der Waals surface area contributed by atoms with E-state index in [0.29, 0.717) is 19.0 Å². The average molecular weight is 327 g/mol. The van der Waals surface area contributed by atoms with Crippen molar-refractivity contribution in [1.29, 1.82) is 0 Å². The van der Waals surface area contributed by atoms with Crippen LogP contribution in [-0.4, -0.2) is 66.2 Å². The van der Waals surface area contributed by atoms with E-state index in [1.165, 1.54) is 0 Å². The molecule has 0 aromatic heterocycles. The monoisotopic (exact) mass is 327 g/mol. The highest BCUT2D eigenvalue weighted by atomic mass is 16.6. The second kappa shape index (κ2) is 8.52. The number of rotatable bonds is 6. The lowest BCUT2D eigenvalue weighted by atomic mass is 10.1. The Morgan fingerprint density at radius 3 is 2.52 bits per heavy atom. The van der Waals surface area contributed by atoms with Gasteiger partial charge in [-0.2, -0.15) is 0 Å². The molecule has 0 aliphatic carbocycles. The Balaban J connectivity index is 2.43. The summed E-state index contributed by atoms with van der Waals surface area (Å²) >= 11 is 0. The summed E-state index contributed by atoms with van der Waals surface area (Å²) in [5.74, 6) is 0.457. The molecule has 1 N–H and O–H groups in total. The normalized spacial score (nSPS) is 18.6. The fourth-order valence-electron chi connectivity index (χ4n) is 2.72. The minimum Gasteiger partial charge on any atom is -0.444 e. The number of amides is 2. The van der Waals surface area contributed by atoms with Crippen molar-refractivity contribution >= 4 is 12.0 Å². The molecule has 6 nitrogen and oxygen atoms in total. The van der Waals surface area contributed by atoms with Crippen LogP contribution in [0.3, 0.4) is 0 Å². The third-order valence-corrected chi connectivity index (χ3v) is 3.72. The smallest absolute Gasteiger partial charge is 0.410 e. The van der Waals surface area contributed by atoms with Crippen molar-refractivity contribution in [3.05, 3.63) is 0 Å². The van der Waals surface area contributed by atoms with Gasteiger partial charge in [-0.15, -0.1) is 0 Å². The van der Waals surface area contributed by atoms with Gasteiger partial charge in [0.1, 0.15) is 5.60 Å². The highest BCUT2D eigenvalue weighted by Gasteiger charge is 2.30. The van der Waals surface area contributed by atoms with E-state index >= 15 is 0 Å². The Hall–Kier alpha value is -1.30. The summed E-state index contributed by atoms with van der Waals surface area (Å²) in [6.07, 6.45) is 0.724. The minimum absolute atomic E-state index is 0.0591. The molecule has 1 unspecified atom stereocenters. The number of carbonyl (C=O) groups excluding carboxylic acids is 2. The molecule has 1 rings (SSSR count). The van der Waals surface area contributed by atoms with Gasteiger partial charge in [-0.3, -0.25) is 9.69 Å². The highest BCUT2D eigenvalue weighted by Crippen LogP contribution is 2.20. The summed E-state index contributed by atoms with van der Waals surface area (Å²) in [5.41, 5.74) is -0.459. The topological polar surface area (TPSA) is 61.9 Å². The Labute approximate surface area is 140 Å². The molecule has 1 aliphatic rings. The van der Waals surface area contributed by atoms with Crippen molar-refractivity contribution in [1.82, 2.24) is 15.1 Å². The zero-order chi connectivity index (χ0) is 17.6. The van der Waals surface area contributed by atoms with Crippen LogP contribution in [0.5, 0.6) is 0 Å². The van der Waals surface area contributed by atoms with Crippen LogP contribution in [0.1, 0.15) is 48.0 Å². The predicted octanol–water partition coefficient (Wildman–Crippen LogP) is 2.09. The van der Waals surface area contributed by atoms with Gasteiger partial charge in [0.2, 0.25) is 5.91 Å². The molecule has 0 aromatic rings. The molecule has 0 spiro atoms. The van der Waals surface area contributed by atoms with Crippen molar-refractivity contribution in [2.75, 3.05) is 32.7 Å². The molecule has 0 bridgehead atoms. The van der Waals surface area contributed by atoms with Gasteiger partial charge < -0.3 is 15.0 Å². The Kier molecular flexibility index (Phi) is 7.32. The molecular weight excluding hydrogens is 294 g/mol. The second-order valence-corrected chi connectivity index (χ2v) is 7.63. The first-order chi connectivity index (χ1) is 10.6. The van der Waals surface area contributed by atoms with Crippen LogP contribution in [-0.2, 0) is 9.53 Å². The van der Waals surface area contributed by atoms with Crippen molar-refractivity contribution in [2.45, 2.75) is 59.6 Å². The largest absolute Gasteiger partial charge is 0.444 e. The molecule has 1 fully saturated rings. The van der Waals surface area contributed by atoms with Gasteiger partial charge in [-0.1, -0.05) is 6.92 Å². The zero-order valence-electron chi connectivity index (χ0n) is 15.5. The lowest BCUT2D eigenvalue weighted by Gasteiger charge is -2.26. The van der Waals surface area contributed by atoms with Gasteiger partial charge in [0.15, 0.2) is 0 Å². The molecule has 0 saturated carbocycles. The first-order valence-corrected chi connectivity index (χ1v) is 8.60. The van der Waals surface area contributed by atoms with Gasteiger partial charge in [-0.05, 0) is 53.5 Å². The maximum absolute atomic E-state index is 12.1. The van der Waals surface area contributed by atoms with Crippen LogP contribution in [0.25, 0.3) is 0 Å². The third kappa shape index (κ3) is 7.68. The van der Waals surface area contributed by atoms with Gasteiger partial charge in [-0.25, -0.2) is 4.79 Å². The fraction of sp³-hybridized carbons (Fsp3) is 0.882. The van der Waals surface area contributed by atoms with Crippen molar-refractivity contribution in [3.8, 4) is 0 Å². The van der Waals surface area contributed by atoms with E-state index in [2.05, 4.69) is 17.1 Å². The van der Waals surface area contributed by atoms with Crippen molar-refractivity contribution < 1.29 is 14.3 Å². The number of hydrogen-bond acceptors (Lipinski definition) is 4. The van der Waals surface area contributed by atoms with E-state index in [9.17, 15) is 9.59 Å². The molecule has 2 amide bonds. The Bertz CT molecular complexity index is 404. The first-order valence-electron chi connectivity index (χ1n) is 8.60. The number of ether oxygens (including phenoxy) is 1. The summed E-state index contributed by atoms with van der Waals surface area (Å²) in [6, 6.07) is 0.162. The third-order valence-electron chi connectivity index (χ3n) is 3.72. The highest BCUT2D eigenvalue weighted by molar-refractivity contribution is 5.78. The SMILES string of the molecule is CCN(CC(=O)NC(C)C)CC1CCN(C(=O)OC(C)(C)C)C1. The predicted molar refractivity (Wildman–Crippen MR) is 91.3 cm³/mol. The molecule has 134 valence electrons. The standard InChI is InChI=1S/C17H33N3O3/c1-7-19(12-15(21)18-13(2)3)10-14-8-9-20(11-14)16(22)23-17(4,5)6/h13-14H,7-12H2,1-6H3,(H,18,21). The van der Waals surface area contributed by atoms with E-state index in [1.54, 1.807) is 4.90 Å². The van der Waals surface area contributed by atoms with Gasteiger partial charge in [0, 0.05) is 25.7 Å². The molecule has 1 atom stereocenters. The molecule has 6 heteroatoms. The number of nitrogens with zero attached hydrogens (tertiary/aromatic N) is 2. The number of carbonyl (C=O) groups is 2. The quantitative estimate of drug-likeness (QED) is 0.811.